The van der Waals surface area contributed by atoms with Crippen molar-refractivity contribution in [3.63, 3.8) is 0 Å². The highest BCUT2D eigenvalue weighted by atomic mass is 19.4. The van der Waals surface area contributed by atoms with Gasteiger partial charge in [-0.15, -0.1) is 0 Å². The van der Waals surface area contributed by atoms with Gasteiger partial charge in [0.2, 0.25) is 5.95 Å². The Labute approximate surface area is 150 Å². The van der Waals surface area contributed by atoms with E-state index < -0.39 is 29.5 Å². The molecule has 0 radical (unpaired) electrons. The van der Waals surface area contributed by atoms with Gasteiger partial charge in [0.05, 0.1) is 6.33 Å². The third-order valence-corrected chi connectivity index (χ3v) is 4.41. The molecule has 0 aromatic carbocycles. The summed E-state index contributed by atoms with van der Waals surface area (Å²) in [4.78, 5) is 24.6. The second-order valence-electron chi connectivity index (χ2n) is 6.28. The number of hydrogen-bond acceptors (Lipinski definition) is 5. The molecule has 146 valence electrons. The first-order chi connectivity index (χ1) is 12.7. The fourth-order valence-electron chi connectivity index (χ4n) is 2.95. The monoisotopic (exact) mass is 389 g/mol. The predicted octanol–water partition coefficient (Wildman–Crippen LogP) is 2.91. The molecule has 11 heteroatoms. The lowest BCUT2D eigenvalue weighted by atomic mass is 9.97. The van der Waals surface area contributed by atoms with Crippen LogP contribution in [-0.4, -0.2) is 32.6 Å². The molecule has 0 spiro atoms. The maximum atomic E-state index is 12.8. The Bertz CT molecular complexity index is 846. The smallest absolute Gasteiger partial charge is 0.341 e. The lowest BCUT2D eigenvalue weighted by Crippen LogP contribution is -2.37. The topological polar surface area (TPSA) is 63.9 Å². The first-order valence-electron chi connectivity index (χ1n) is 8.24. The van der Waals surface area contributed by atoms with E-state index in [4.69, 9.17) is 0 Å². The molecule has 6 nitrogen and oxygen atoms in total. The number of halogens is 5. The van der Waals surface area contributed by atoms with E-state index in [0.717, 1.165) is 24.7 Å². The summed E-state index contributed by atoms with van der Waals surface area (Å²) in [5, 5.41) is 0. The average Bonchev–Trinajstić information content (AvgIpc) is 2.63. The van der Waals surface area contributed by atoms with E-state index >= 15 is 0 Å². The van der Waals surface area contributed by atoms with Gasteiger partial charge >= 0.3 is 6.18 Å². The lowest BCUT2D eigenvalue weighted by Gasteiger charge is -2.32. The average molecular weight is 389 g/mol. The summed E-state index contributed by atoms with van der Waals surface area (Å²) in [6.45, 7) is 1.18. The van der Waals surface area contributed by atoms with Crippen LogP contribution in [0.2, 0.25) is 0 Å². The number of hydrogen-bond donors (Lipinski definition) is 0. The Balaban J connectivity index is 1.62. The van der Waals surface area contributed by atoms with Crippen LogP contribution in [0.15, 0.2) is 29.5 Å². The summed E-state index contributed by atoms with van der Waals surface area (Å²) in [5.41, 5.74) is -2.11. The first kappa shape index (κ1) is 19.2. The molecule has 1 fully saturated rings. The summed E-state index contributed by atoms with van der Waals surface area (Å²) >= 11 is 0. The quantitative estimate of drug-likeness (QED) is 0.753. The first-order valence-corrected chi connectivity index (χ1v) is 8.24. The van der Waals surface area contributed by atoms with Crippen LogP contribution in [0.1, 0.15) is 30.7 Å². The van der Waals surface area contributed by atoms with Gasteiger partial charge in [-0.05, 0) is 24.8 Å². The minimum Gasteiger partial charge on any atom is -0.341 e. The minimum absolute atomic E-state index is 0.0170. The number of alkyl halides is 5. The van der Waals surface area contributed by atoms with Crippen molar-refractivity contribution >= 4 is 5.95 Å². The molecule has 3 rings (SSSR count). The van der Waals surface area contributed by atoms with Crippen LogP contribution >= 0.6 is 0 Å². The fraction of sp³-hybridized carbons (Fsp3) is 0.500. The van der Waals surface area contributed by atoms with Gasteiger partial charge in [-0.2, -0.15) is 13.2 Å². The maximum absolute atomic E-state index is 12.8. The third kappa shape index (κ3) is 4.58. The van der Waals surface area contributed by atoms with Crippen LogP contribution in [-0.2, 0) is 12.7 Å². The summed E-state index contributed by atoms with van der Waals surface area (Å²) < 4.78 is 64.6. The zero-order chi connectivity index (χ0) is 19.6. The zero-order valence-corrected chi connectivity index (χ0v) is 14.0. The SMILES string of the molecule is O=c1cc(C(F)F)ncn1CC1CCN(c2nccc(C(F)(F)F)n2)CC1. The summed E-state index contributed by atoms with van der Waals surface area (Å²) in [6, 6.07) is 1.63. The van der Waals surface area contributed by atoms with Crippen molar-refractivity contribution in [2.24, 2.45) is 5.92 Å². The highest BCUT2D eigenvalue weighted by Crippen LogP contribution is 2.29. The van der Waals surface area contributed by atoms with Crippen molar-refractivity contribution in [2.75, 3.05) is 18.0 Å². The maximum Gasteiger partial charge on any atom is 0.433 e. The van der Waals surface area contributed by atoms with Crippen molar-refractivity contribution in [3.05, 3.63) is 46.4 Å². The Kier molecular flexibility index (Phi) is 5.38. The second-order valence-corrected chi connectivity index (χ2v) is 6.28. The Morgan fingerprint density at radius 2 is 1.89 bits per heavy atom. The van der Waals surface area contributed by atoms with E-state index in [1.54, 1.807) is 4.90 Å². The molecule has 0 unspecified atom stereocenters. The van der Waals surface area contributed by atoms with Crippen molar-refractivity contribution in [1.29, 1.82) is 0 Å². The van der Waals surface area contributed by atoms with Crippen LogP contribution in [0.25, 0.3) is 0 Å². The number of anilines is 1. The minimum atomic E-state index is -4.53. The molecule has 0 N–H and O–H groups in total. The second kappa shape index (κ2) is 7.57. The van der Waals surface area contributed by atoms with E-state index in [1.165, 1.54) is 4.57 Å². The van der Waals surface area contributed by atoms with E-state index in [0.29, 0.717) is 32.5 Å². The Morgan fingerprint density at radius 1 is 1.19 bits per heavy atom. The number of piperidine rings is 1. The van der Waals surface area contributed by atoms with Crippen LogP contribution in [0.5, 0.6) is 0 Å². The largest absolute Gasteiger partial charge is 0.433 e. The molecule has 0 aliphatic carbocycles. The van der Waals surface area contributed by atoms with Gasteiger partial charge in [0.15, 0.2) is 0 Å². The third-order valence-electron chi connectivity index (χ3n) is 4.41. The van der Waals surface area contributed by atoms with Gasteiger partial charge in [0.1, 0.15) is 11.4 Å². The molecule has 0 amide bonds. The van der Waals surface area contributed by atoms with Crippen molar-refractivity contribution < 1.29 is 22.0 Å². The Morgan fingerprint density at radius 3 is 2.48 bits per heavy atom. The molecule has 1 saturated heterocycles. The normalized spacial score (nSPS) is 16.1. The van der Waals surface area contributed by atoms with Crippen LogP contribution in [0.3, 0.4) is 0 Å². The molecule has 3 heterocycles. The summed E-state index contributed by atoms with van der Waals surface area (Å²) in [5.74, 6) is 0.0901. The summed E-state index contributed by atoms with van der Waals surface area (Å²) in [6.07, 6.45) is -3.96. The number of aromatic nitrogens is 4. The molecule has 0 saturated carbocycles. The molecule has 0 atom stereocenters. The van der Waals surface area contributed by atoms with Crippen LogP contribution in [0, 0.1) is 5.92 Å². The standard InChI is InChI=1S/C16H16F5N5O/c17-14(18)11-7-13(27)26(9-23-11)8-10-2-5-25(6-3-10)15-22-4-1-12(24-15)16(19,20)21/h1,4,7,9-10,14H,2-3,5-6,8H2. The van der Waals surface area contributed by atoms with E-state index in [1.807, 2.05) is 0 Å². The van der Waals surface area contributed by atoms with Crippen molar-refractivity contribution in [3.8, 4) is 0 Å². The molecule has 1 aliphatic rings. The van der Waals surface area contributed by atoms with Crippen LogP contribution in [0.4, 0.5) is 27.9 Å². The van der Waals surface area contributed by atoms with Gasteiger partial charge in [0, 0.05) is 31.9 Å². The number of nitrogens with zero attached hydrogens (tertiary/aromatic N) is 5. The molecule has 2 aromatic rings. The van der Waals surface area contributed by atoms with Gasteiger partial charge in [-0.1, -0.05) is 0 Å². The molecule has 0 bridgehead atoms. The molecular weight excluding hydrogens is 373 g/mol. The van der Waals surface area contributed by atoms with Gasteiger partial charge in [0.25, 0.3) is 12.0 Å². The van der Waals surface area contributed by atoms with E-state index in [9.17, 15) is 26.7 Å². The Hall–Kier alpha value is -2.59. The highest BCUT2D eigenvalue weighted by Gasteiger charge is 2.33. The number of rotatable bonds is 4. The van der Waals surface area contributed by atoms with Crippen LogP contribution < -0.4 is 10.5 Å². The predicted molar refractivity (Wildman–Crippen MR) is 85.4 cm³/mol. The van der Waals surface area contributed by atoms with Gasteiger partial charge in [-0.25, -0.2) is 23.7 Å². The lowest BCUT2D eigenvalue weighted by molar-refractivity contribution is -0.141. The van der Waals surface area contributed by atoms with E-state index in [2.05, 4.69) is 15.0 Å². The van der Waals surface area contributed by atoms with Crippen molar-refractivity contribution in [1.82, 2.24) is 19.5 Å². The fourth-order valence-corrected chi connectivity index (χ4v) is 2.95. The highest BCUT2D eigenvalue weighted by molar-refractivity contribution is 5.31. The molecule has 2 aromatic heterocycles. The van der Waals surface area contributed by atoms with E-state index in [-0.39, 0.29) is 11.9 Å². The van der Waals surface area contributed by atoms with Gasteiger partial charge < -0.3 is 4.90 Å². The molecule has 1 aliphatic heterocycles. The van der Waals surface area contributed by atoms with Gasteiger partial charge in [-0.3, -0.25) is 9.36 Å². The molecule has 27 heavy (non-hydrogen) atoms. The summed E-state index contributed by atoms with van der Waals surface area (Å²) in [7, 11) is 0. The van der Waals surface area contributed by atoms with Crippen molar-refractivity contribution in [2.45, 2.75) is 32.0 Å². The molecular formula is C16H16F5N5O. The zero-order valence-electron chi connectivity index (χ0n) is 14.0.